The van der Waals surface area contributed by atoms with Crippen LogP contribution in [0.5, 0.6) is 5.75 Å². The standard InChI is InChI=1S/C30H30F2N6O5S/c1-36-12-14-37(15-13-36)16-17-42-26-9-2-22(3-10-26)28-19-30(34-20-33-28)35-24-5-7-25(8-6-24)38(43-21-39)44(40,41)29-11-4-23(31)18-27(29)32/h2-11,18-21H,12-17H2,1H3,(H,33,34,35). The molecule has 14 heteroatoms. The van der Waals surface area contributed by atoms with Crippen molar-refractivity contribution in [2.24, 2.45) is 0 Å². The number of likely N-dealkylation sites (N-methyl/N-ethyl adjacent to an activating group) is 1. The molecule has 0 saturated carbocycles. The summed E-state index contributed by atoms with van der Waals surface area (Å²) in [6, 6.07) is 17.1. The number of anilines is 3. The summed E-state index contributed by atoms with van der Waals surface area (Å²) < 4.78 is 59.7. The average molecular weight is 625 g/mol. The SMILES string of the molecule is CN1CCN(CCOc2ccc(-c3cc(Nc4ccc(N(OC=O)S(=O)(=O)c5ccc(F)cc5F)cc4)ncn3)cc2)CC1. The number of nitrogens with one attached hydrogen (secondary N) is 1. The van der Waals surface area contributed by atoms with Gasteiger partial charge in [0.05, 0.1) is 11.4 Å². The fourth-order valence-corrected chi connectivity index (χ4v) is 5.82. The van der Waals surface area contributed by atoms with Crippen LogP contribution in [0.15, 0.2) is 84.0 Å². The van der Waals surface area contributed by atoms with E-state index < -0.39 is 26.6 Å². The lowest BCUT2D eigenvalue weighted by Crippen LogP contribution is -2.45. The first-order chi connectivity index (χ1) is 21.2. The van der Waals surface area contributed by atoms with E-state index in [1.54, 1.807) is 6.07 Å². The first-order valence-electron chi connectivity index (χ1n) is 13.7. The van der Waals surface area contributed by atoms with E-state index in [2.05, 4.69) is 37.0 Å². The van der Waals surface area contributed by atoms with E-state index in [0.717, 1.165) is 56.2 Å². The van der Waals surface area contributed by atoms with Crippen LogP contribution >= 0.6 is 0 Å². The van der Waals surface area contributed by atoms with Crippen molar-refractivity contribution in [3.05, 3.63) is 90.8 Å². The van der Waals surface area contributed by atoms with Gasteiger partial charge in [0.25, 0.3) is 10.0 Å². The number of aromatic nitrogens is 2. The second-order valence-electron chi connectivity index (χ2n) is 9.99. The molecule has 5 rings (SSSR count). The molecule has 1 aliphatic heterocycles. The molecule has 0 atom stereocenters. The molecule has 0 radical (unpaired) electrons. The molecule has 1 aliphatic rings. The Labute approximate surface area is 253 Å². The number of halogens is 2. The summed E-state index contributed by atoms with van der Waals surface area (Å²) in [5, 5.41) is 3.11. The third-order valence-electron chi connectivity index (χ3n) is 6.97. The van der Waals surface area contributed by atoms with Gasteiger partial charge in [-0.1, -0.05) is 4.47 Å². The van der Waals surface area contributed by atoms with Crippen molar-refractivity contribution >= 4 is 33.7 Å². The number of nitrogens with zero attached hydrogens (tertiary/aromatic N) is 5. The number of rotatable bonds is 12. The lowest BCUT2D eigenvalue weighted by Gasteiger charge is -2.32. The number of benzene rings is 3. The lowest BCUT2D eigenvalue weighted by molar-refractivity contribution is -0.128. The molecule has 11 nitrogen and oxygen atoms in total. The topological polar surface area (TPSA) is 117 Å². The summed E-state index contributed by atoms with van der Waals surface area (Å²) in [5.41, 5.74) is 1.96. The summed E-state index contributed by atoms with van der Waals surface area (Å²) in [7, 11) is -2.57. The Morgan fingerprint density at radius 1 is 0.955 bits per heavy atom. The maximum absolute atomic E-state index is 14.2. The van der Waals surface area contributed by atoms with Gasteiger partial charge < -0.3 is 19.8 Å². The van der Waals surface area contributed by atoms with Gasteiger partial charge in [-0.2, -0.15) is 8.42 Å². The summed E-state index contributed by atoms with van der Waals surface area (Å²) in [6.45, 7) is 5.59. The molecule has 1 aromatic heterocycles. The van der Waals surface area contributed by atoms with Crippen molar-refractivity contribution in [1.82, 2.24) is 19.8 Å². The molecule has 3 aromatic carbocycles. The van der Waals surface area contributed by atoms with Crippen molar-refractivity contribution < 1.29 is 31.6 Å². The van der Waals surface area contributed by atoms with Crippen LogP contribution in [0.25, 0.3) is 11.3 Å². The highest BCUT2D eigenvalue weighted by Gasteiger charge is 2.30. The van der Waals surface area contributed by atoms with Gasteiger partial charge in [-0.25, -0.2) is 18.7 Å². The molecule has 2 heterocycles. The van der Waals surface area contributed by atoms with Crippen LogP contribution < -0.4 is 14.5 Å². The van der Waals surface area contributed by atoms with E-state index in [1.165, 1.54) is 30.6 Å². The largest absolute Gasteiger partial charge is 0.492 e. The highest BCUT2D eigenvalue weighted by atomic mass is 32.2. The number of carbonyl (C=O) groups is 1. The van der Waals surface area contributed by atoms with Gasteiger partial charge in [-0.3, -0.25) is 9.69 Å². The zero-order valence-corrected chi connectivity index (χ0v) is 24.6. The molecule has 1 fully saturated rings. The Morgan fingerprint density at radius 2 is 1.68 bits per heavy atom. The first-order valence-corrected chi connectivity index (χ1v) is 15.1. The minimum atomic E-state index is -4.70. The molecule has 230 valence electrons. The smallest absolute Gasteiger partial charge is 0.322 e. The highest BCUT2D eigenvalue weighted by Crippen LogP contribution is 2.29. The summed E-state index contributed by atoms with van der Waals surface area (Å²) in [6.07, 6.45) is 1.41. The Hall–Kier alpha value is -4.66. The fraction of sp³-hybridized carbons (Fsp3) is 0.233. The Balaban J connectivity index is 1.22. The third-order valence-corrected chi connectivity index (χ3v) is 8.59. The molecule has 1 saturated heterocycles. The van der Waals surface area contributed by atoms with Crippen LogP contribution in [-0.2, 0) is 19.7 Å². The number of carbonyl (C=O) groups excluding carboxylic acids is 1. The van der Waals surface area contributed by atoms with Crippen LogP contribution in [0.3, 0.4) is 0 Å². The fourth-order valence-electron chi connectivity index (χ4n) is 4.55. The molecule has 44 heavy (non-hydrogen) atoms. The monoisotopic (exact) mass is 624 g/mol. The highest BCUT2D eigenvalue weighted by molar-refractivity contribution is 7.92. The number of ether oxygens (including phenoxy) is 1. The normalized spacial score (nSPS) is 14.2. The molecule has 0 unspecified atom stereocenters. The van der Waals surface area contributed by atoms with E-state index in [9.17, 15) is 22.0 Å². The molecule has 1 N–H and O–H groups in total. The second-order valence-corrected chi connectivity index (χ2v) is 11.7. The molecule has 0 bridgehead atoms. The van der Waals surface area contributed by atoms with Gasteiger partial charge in [0, 0.05) is 56.1 Å². The number of hydrogen-bond acceptors (Lipinski definition) is 10. The van der Waals surface area contributed by atoms with Crippen LogP contribution in [0.2, 0.25) is 0 Å². The van der Waals surface area contributed by atoms with Crippen LogP contribution in [-0.4, -0.2) is 81.0 Å². The molecular weight excluding hydrogens is 594 g/mol. The number of sulfonamides is 1. The summed E-state index contributed by atoms with van der Waals surface area (Å²) >= 11 is 0. The third kappa shape index (κ3) is 7.45. The number of piperazine rings is 1. The quantitative estimate of drug-likeness (QED) is 0.183. The van der Waals surface area contributed by atoms with Crippen molar-refractivity contribution in [1.29, 1.82) is 0 Å². The molecular formula is C30H30F2N6O5S. The Bertz CT molecular complexity index is 1690. The van der Waals surface area contributed by atoms with Gasteiger partial charge in [-0.15, -0.1) is 0 Å². The molecule has 4 aromatic rings. The van der Waals surface area contributed by atoms with E-state index in [4.69, 9.17) is 4.74 Å². The van der Waals surface area contributed by atoms with Gasteiger partial charge >= 0.3 is 6.47 Å². The average Bonchev–Trinajstić information content (AvgIpc) is 3.01. The van der Waals surface area contributed by atoms with Crippen molar-refractivity contribution in [3.63, 3.8) is 0 Å². The van der Waals surface area contributed by atoms with Gasteiger partial charge in [-0.05, 0) is 67.7 Å². The van der Waals surface area contributed by atoms with Crippen LogP contribution in [0, 0.1) is 11.6 Å². The molecule has 0 amide bonds. The predicted molar refractivity (Wildman–Crippen MR) is 160 cm³/mol. The van der Waals surface area contributed by atoms with Crippen LogP contribution in [0.4, 0.5) is 26.0 Å². The Morgan fingerprint density at radius 3 is 2.36 bits per heavy atom. The Kier molecular flexibility index (Phi) is 9.62. The molecule has 0 aliphatic carbocycles. The summed E-state index contributed by atoms with van der Waals surface area (Å²) in [4.78, 5) is 28.2. The maximum Gasteiger partial charge on any atom is 0.322 e. The van der Waals surface area contributed by atoms with Gasteiger partial charge in [0.2, 0.25) is 0 Å². The van der Waals surface area contributed by atoms with Crippen LogP contribution in [0.1, 0.15) is 0 Å². The van der Waals surface area contributed by atoms with Crippen molar-refractivity contribution in [2.45, 2.75) is 4.90 Å². The van der Waals surface area contributed by atoms with E-state index >= 15 is 0 Å². The second kappa shape index (κ2) is 13.8. The van der Waals surface area contributed by atoms with Gasteiger partial charge in [0.1, 0.15) is 41.0 Å². The van der Waals surface area contributed by atoms with Gasteiger partial charge in [0.15, 0.2) is 0 Å². The zero-order chi connectivity index (χ0) is 31.1. The lowest BCUT2D eigenvalue weighted by atomic mass is 10.1. The summed E-state index contributed by atoms with van der Waals surface area (Å²) in [5.74, 6) is -1.04. The minimum Gasteiger partial charge on any atom is -0.492 e. The maximum atomic E-state index is 14.2. The van der Waals surface area contributed by atoms with E-state index in [-0.39, 0.29) is 16.6 Å². The van der Waals surface area contributed by atoms with Crippen molar-refractivity contribution in [2.75, 3.05) is 56.2 Å². The van der Waals surface area contributed by atoms with E-state index in [0.29, 0.717) is 29.9 Å². The predicted octanol–water partition coefficient (Wildman–Crippen LogP) is 4.07. The minimum absolute atomic E-state index is 0.0967. The molecule has 0 spiro atoms. The first kappa shape index (κ1) is 30.8. The zero-order valence-electron chi connectivity index (χ0n) is 23.8. The number of hydrogen-bond donors (Lipinski definition) is 1. The van der Waals surface area contributed by atoms with Crippen molar-refractivity contribution in [3.8, 4) is 17.0 Å². The van der Waals surface area contributed by atoms with E-state index in [1.807, 2.05) is 24.3 Å².